The lowest BCUT2D eigenvalue weighted by atomic mass is 10.0. The molecule has 11 amide bonds. The van der Waals surface area contributed by atoms with E-state index in [4.69, 9.17) is 16.6 Å². The van der Waals surface area contributed by atoms with Crippen molar-refractivity contribution >= 4 is 88.9 Å². The summed E-state index contributed by atoms with van der Waals surface area (Å²) in [6.07, 6.45) is -4.44. The van der Waals surface area contributed by atoms with Gasteiger partial charge >= 0.3 is 23.9 Å². The SMILES string of the molecule is CC[C@H](NC(=O)[C@H](CC(N)=O)NC(=O)[C@@H]1CCCN1C(=O)[C@@H](N)CC(=O)O)C(=O)N[C@@H](Cc1ccc(O)cc1)C(=O)N[C@@H](CO)C(=O)NCC(=O)N[C@@H](CCC(=O)O)C(=O)N[C@@H](Cc1ccccc1)C(=O)N[C@@H](CC(=O)O)C(=O)N[C@@H](C)C(=O)O. The maximum atomic E-state index is 14.0. The third kappa shape index (κ3) is 23.5. The first kappa shape index (κ1) is 69.5. The second-order valence-electron chi connectivity index (χ2n) is 19.5. The molecule has 2 aromatic rings. The van der Waals surface area contributed by atoms with Gasteiger partial charge in [-0.15, -0.1) is 0 Å². The fraction of sp³-hybridized carbons (Fsp3) is 0.481. The Bertz CT molecular complexity index is 2790. The fourth-order valence-corrected chi connectivity index (χ4v) is 8.35. The number of hydrogen-bond donors (Lipinski definition) is 17. The van der Waals surface area contributed by atoms with Crippen molar-refractivity contribution in [2.45, 2.75) is 138 Å². The Morgan fingerprint density at radius 3 is 1.60 bits per heavy atom. The molecule has 464 valence electrons. The van der Waals surface area contributed by atoms with Gasteiger partial charge in [0.25, 0.3) is 0 Å². The zero-order valence-corrected chi connectivity index (χ0v) is 46.1. The third-order valence-corrected chi connectivity index (χ3v) is 12.8. The lowest BCUT2D eigenvalue weighted by Crippen LogP contribution is -2.60. The van der Waals surface area contributed by atoms with Crippen LogP contribution in [0.3, 0.4) is 0 Å². The van der Waals surface area contributed by atoms with Gasteiger partial charge in [0, 0.05) is 25.8 Å². The second-order valence-corrected chi connectivity index (χ2v) is 19.5. The lowest BCUT2D eigenvalue weighted by molar-refractivity contribution is -0.144. The van der Waals surface area contributed by atoms with Crippen LogP contribution >= 0.6 is 0 Å². The van der Waals surface area contributed by atoms with Gasteiger partial charge in [-0.3, -0.25) is 71.9 Å². The number of rotatable bonds is 35. The standard InChI is InChI=1S/C52H70N12O21/c1-3-30(58-49(81)34(21-38(54)67)62-50(82)37-10-7-17-64(37)51(83)29(53)20-41(71)72)44(76)59-33(19-27-11-13-28(66)14-12-27)48(80)63-36(24-65)43(75)55-23-39(68)57-31(15-16-40(69)70)45(77)60-32(18-26-8-5-4-6-9-26)47(79)61-35(22-42(73)74)46(78)56-25(2)52(84)85/h4-6,8-9,11-14,25,29-37,65-66H,3,7,10,15-24,53H2,1-2H3,(H2,54,67)(H,55,75)(H,56,78)(H,57,68)(H,58,81)(H,59,76)(H,60,77)(H,61,79)(H,62,82)(H,63,80)(H,69,70)(H,71,72)(H,73,74)(H,84,85)/t25-,29-,30-,31-,32-,33-,34-,35-,36-,37-/m0/s1. The number of primary amides is 1. The number of phenolic OH excluding ortho intramolecular Hbond substituents is 1. The number of aliphatic hydroxyl groups is 1. The highest BCUT2D eigenvalue weighted by molar-refractivity contribution is 6.00. The molecule has 1 saturated heterocycles. The normalized spacial score (nSPS) is 15.8. The van der Waals surface area contributed by atoms with Crippen molar-refractivity contribution in [3.63, 3.8) is 0 Å². The van der Waals surface area contributed by atoms with Gasteiger partial charge < -0.3 is 94.9 Å². The summed E-state index contributed by atoms with van der Waals surface area (Å²) >= 11 is 0. The average Bonchev–Trinajstić information content (AvgIpc) is 4.12. The molecule has 1 fully saturated rings. The van der Waals surface area contributed by atoms with Crippen molar-refractivity contribution in [2.75, 3.05) is 19.7 Å². The highest BCUT2D eigenvalue weighted by Gasteiger charge is 2.40. The molecular formula is C52H70N12O21. The van der Waals surface area contributed by atoms with Crippen molar-refractivity contribution in [3.05, 3.63) is 65.7 Å². The molecular weight excluding hydrogens is 1130 g/mol. The maximum absolute atomic E-state index is 14.0. The number of carboxylic acid groups (broad SMARTS) is 4. The number of likely N-dealkylation sites (tertiary alicyclic amines) is 1. The fourth-order valence-electron chi connectivity index (χ4n) is 8.35. The van der Waals surface area contributed by atoms with Crippen molar-refractivity contribution in [1.29, 1.82) is 0 Å². The number of aromatic hydroxyl groups is 1. The Hall–Kier alpha value is -9.79. The smallest absolute Gasteiger partial charge is 0.325 e. The Morgan fingerprint density at radius 2 is 1.07 bits per heavy atom. The first-order valence-corrected chi connectivity index (χ1v) is 26.4. The molecule has 0 bridgehead atoms. The number of carboxylic acids is 4. The van der Waals surface area contributed by atoms with Gasteiger partial charge in [-0.05, 0) is 55.9 Å². The zero-order valence-electron chi connectivity index (χ0n) is 46.1. The molecule has 0 spiro atoms. The van der Waals surface area contributed by atoms with Crippen molar-refractivity contribution in [2.24, 2.45) is 11.5 Å². The summed E-state index contributed by atoms with van der Waals surface area (Å²) in [4.78, 5) is 194. The van der Waals surface area contributed by atoms with E-state index in [9.17, 15) is 97.5 Å². The third-order valence-electron chi connectivity index (χ3n) is 12.8. The van der Waals surface area contributed by atoms with E-state index in [1.807, 2.05) is 5.32 Å². The molecule has 0 unspecified atom stereocenters. The van der Waals surface area contributed by atoms with Gasteiger partial charge in [0.1, 0.15) is 60.1 Å². The van der Waals surface area contributed by atoms with Crippen LogP contribution in [-0.2, 0) is 84.8 Å². The van der Waals surface area contributed by atoms with Crippen LogP contribution in [0.2, 0.25) is 0 Å². The van der Waals surface area contributed by atoms with E-state index in [1.54, 1.807) is 18.2 Å². The molecule has 33 nitrogen and oxygen atoms in total. The Morgan fingerprint density at radius 1 is 0.576 bits per heavy atom. The van der Waals surface area contributed by atoms with Crippen molar-refractivity contribution in [1.82, 2.24) is 52.8 Å². The number of benzene rings is 2. The highest BCUT2D eigenvalue weighted by atomic mass is 16.4. The van der Waals surface area contributed by atoms with Crippen LogP contribution in [0, 0.1) is 0 Å². The molecule has 0 aromatic heterocycles. The van der Waals surface area contributed by atoms with Crippen LogP contribution in [0.4, 0.5) is 0 Å². The number of phenols is 1. The number of hydrogen-bond acceptors (Lipinski definition) is 18. The number of nitrogens with one attached hydrogen (secondary N) is 9. The second kappa shape index (κ2) is 34.0. The first-order valence-electron chi connectivity index (χ1n) is 26.4. The number of carbonyl (C=O) groups excluding carboxylic acids is 11. The van der Waals surface area contributed by atoms with E-state index in [-0.39, 0.29) is 38.0 Å². The summed E-state index contributed by atoms with van der Waals surface area (Å²) in [5.74, 6) is -18.1. The van der Waals surface area contributed by atoms with Gasteiger partial charge in [0.05, 0.1) is 38.5 Å². The van der Waals surface area contributed by atoms with Crippen LogP contribution in [0.15, 0.2) is 54.6 Å². The molecule has 10 atom stereocenters. The summed E-state index contributed by atoms with van der Waals surface area (Å²) in [5.41, 5.74) is 11.8. The summed E-state index contributed by atoms with van der Waals surface area (Å²) < 4.78 is 0. The molecule has 0 aliphatic carbocycles. The molecule has 1 aliphatic heterocycles. The minimum absolute atomic E-state index is 0.0211. The van der Waals surface area contributed by atoms with Gasteiger partial charge in [0.15, 0.2) is 0 Å². The van der Waals surface area contributed by atoms with Crippen LogP contribution < -0.4 is 59.3 Å². The van der Waals surface area contributed by atoms with Crippen molar-refractivity contribution < 1.29 is 103 Å². The molecule has 1 aliphatic rings. The van der Waals surface area contributed by atoms with Crippen LogP contribution in [0.5, 0.6) is 5.75 Å². The van der Waals surface area contributed by atoms with E-state index in [2.05, 4.69) is 42.5 Å². The van der Waals surface area contributed by atoms with Crippen LogP contribution in [-0.4, -0.2) is 205 Å². The largest absolute Gasteiger partial charge is 0.508 e. The molecule has 2 aromatic carbocycles. The van der Waals surface area contributed by atoms with E-state index in [0.29, 0.717) is 17.5 Å². The summed E-state index contributed by atoms with van der Waals surface area (Å²) in [6, 6.07) is -3.17. The quantitative estimate of drug-likeness (QED) is 0.0305. The number of nitrogens with zero attached hydrogens (tertiary/aromatic N) is 1. The molecule has 19 N–H and O–H groups in total. The monoisotopic (exact) mass is 1200 g/mol. The predicted octanol–water partition coefficient (Wildman–Crippen LogP) is -6.31. The van der Waals surface area contributed by atoms with Crippen molar-refractivity contribution in [3.8, 4) is 5.75 Å². The van der Waals surface area contributed by atoms with Crippen LogP contribution in [0.1, 0.15) is 76.3 Å². The average molecular weight is 1200 g/mol. The zero-order chi connectivity index (χ0) is 63.7. The topological polar surface area (TPSA) is 541 Å². The maximum Gasteiger partial charge on any atom is 0.325 e. The van der Waals surface area contributed by atoms with Gasteiger partial charge in [-0.2, -0.15) is 0 Å². The Labute approximate surface area is 484 Å². The molecule has 33 heteroatoms. The number of aliphatic hydroxyl groups excluding tert-OH is 1. The van der Waals surface area contributed by atoms with E-state index in [0.717, 1.165) is 11.8 Å². The molecule has 3 rings (SSSR count). The summed E-state index contributed by atoms with van der Waals surface area (Å²) in [5, 5.41) is 77.7. The molecule has 0 saturated carbocycles. The summed E-state index contributed by atoms with van der Waals surface area (Å²) in [7, 11) is 0. The minimum atomic E-state index is -1.87. The Balaban J connectivity index is 1.79. The lowest BCUT2D eigenvalue weighted by Gasteiger charge is -2.28. The Kier molecular flexibility index (Phi) is 27.8. The van der Waals surface area contributed by atoms with Gasteiger partial charge in [-0.25, -0.2) is 0 Å². The number of nitrogens with two attached hydrogens (primary N) is 2. The number of amides is 11. The predicted molar refractivity (Wildman–Crippen MR) is 289 cm³/mol. The highest BCUT2D eigenvalue weighted by Crippen LogP contribution is 2.20. The first-order chi connectivity index (χ1) is 40.0. The molecule has 0 radical (unpaired) electrons. The van der Waals surface area contributed by atoms with Gasteiger partial charge in [-0.1, -0.05) is 49.4 Å². The molecule has 85 heavy (non-hydrogen) atoms. The number of carbonyl (C=O) groups is 15. The van der Waals surface area contributed by atoms with Crippen LogP contribution in [0.25, 0.3) is 0 Å². The number of aliphatic carboxylic acids is 4. The van der Waals surface area contributed by atoms with E-state index >= 15 is 0 Å². The van der Waals surface area contributed by atoms with E-state index in [1.165, 1.54) is 43.3 Å². The summed E-state index contributed by atoms with van der Waals surface area (Å²) in [6.45, 7) is 0.397. The van der Waals surface area contributed by atoms with Gasteiger partial charge in [0.2, 0.25) is 65.0 Å². The minimum Gasteiger partial charge on any atom is -0.508 e. The molecule has 1 heterocycles. The van der Waals surface area contributed by atoms with E-state index < -0.39 is 195 Å².